The second-order valence-corrected chi connectivity index (χ2v) is 6.33. The smallest absolute Gasteiger partial charge is 0.205 e. The predicted molar refractivity (Wildman–Crippen MR) is 88.0 cm³/mol. The fourth-order valence-corrected chi connectivity index (χ4v) is 3.48. The van der Waals surface area contributed by atoms with Gasteiger partial charge in [0.1, 0.15) is 5.82 Å². The second-order valence-electron chi connectivity index (χ2n) is 5.60. The van der Waals surface area contributed by atoms with E-state index >= 15 is 0 Å². The van der Waals surface area contributed by atoms with Gasteiger partial charge in [-0.15, -0.1) is 0 Å². The Labute approximate surface area is 130 Å². The standard InChI is InChI=1S/C16H22N4S/c1-3-15-17-16(21-18-15)20-9-7-19(8-10-20)12-14-6-4-5-13(2)11-14/h4-6,11H,3,7-10,12H2,1-2H3. The molecule has 1 aliphatic rings. The highest BCUT2D eigenvalue weighted by Gasteiger charge is 2.19. The third kappa shape index (κ3) is 3.60. The van der Waals surface area contributed by atoms with Crippen molar-refractivity contribution in [3.8, 4) is 0 Å². The van der Waals surface area contributed by atoms with Crippen molar-refractivity contribution in [1.82, 2.24) is 14.3 Å². The van der Waals surface area contributed by atoms with Gasteiger partial charge in [0, 0.05) is 50.7 Å². The van der Waals surface area contributed by atoms with Crippen LogP contribution in [0.4, 0.5) is 5.13 Å². The first-order valence-corrected chi connectivity index (χ1v) is 8.37. The average molecular weight is 302 g/mol. The molecule has 1 aromatic carbocycles. The molecule has 2 aromatic rings. The lowest BCUT2D eigenvalue weighted by Gasteiger charge is -2.34. The van der Waals surface area contributed by atoms with Gasteiger partial charge in [-0.25, -0.2) is 4.98 Å². The van der Waals surface area contributed by atoms with Crippen LogP contribution in [0.2, 0.25) is 0 Å². The molecule has 0 radical (unpaired) electrons. The minimum atomic E-state index is 0.920. The first-order chi connectivity index (χ1) is 10.2. The lowest BCUT2D eigenvalue weighted by atomic mass is 10.1. The van der Waals surface area contributed by atoms with Crippen LogP contribution in [0.25, 0.3) is 0 Å². The van der Waals surface area contributed by atoms with Gasteiger partial charge in [0.05, 0.1) is 0 Å². The molecule has 1 aromatic heterocycles. The van der Waals surface area contributed by atoms with Gasteiger partial charge in [-0.2, -0.15) is 4.37 Å². The van der Waals surface area contributed by atoms with Crippen molar-refractivity contribution >= 4 is 16.7 Å². The van der Waals surface area contributed by atoms with E-state index in [1.54, 1.807) is 0 Å². The van der Waals surface area contributed by atoms with Gasteiger partial charge in [-0.05, 0) is 12.5 Å². The van der Waals surface area contributed by atoms with Crippen LogP contribution in [0.3, 0.4) is 0 Å². The molecule has 1 saturated heterocycles. The van der Waals surface area contributed by atoms with Crippen molar-refractivity contribution in [3.63, 3.8) is 0 Å². The zero-order valence-electron chi connectivity index (χ0n) is 12.7. The summed E-state index contributed by atoms with van der Waals surface area (Å²) in [6.45, 7) is 9.58. The van der Waals surface area contributed by atoms with Gasteiger partial charge in [-0.3, -0.25) is 4.90 Å². The van der Waals surface area contributed by atoms with Gasteiger partial charge in [-0.1, -0.05) is 36.8 Å². The lowest BCUT2D eigenvalue weighted by Crippen LogP contribution is -2.45. The minimum Gasteiger partial charge on any atom is -0.344 e. The second kappa shape index (κ2) is 6.54. The number of benzene rings is 1. The van der Waals surface area contributed by atoms with E-state index in [1.165, 1.54) is 22.7 Å². The molecule has 1 aliphatic heterocycles. The highest BCUT2D eigenvalue weighted by Crippen LogP contribution is 2.20. The zero-order chi connectivity index (χ0) is 14.7. The molecule has 0 amide bonds. The highest BCUT2D eigenvalue weighted by molar-refractivity contribution is 7.09. The van der Waals surface area contributed by atoms with E-state index < -0.39 is 0 Å². The van der Waals surface area contributed by atoms with Crippen LogP contribution in [0, 0.1) is 6.92 Å². The predicted octanol–water partition coefficient (Wildman–Crippen LogP) is 2.73. The number of nitrogens with zero attached hydrogens (tertiary/aromatic N) is 4. The normalized spacial score (nSPS) is 16.4. The summed E-state index contributed by atoms with van der Waals surface area (Å²) in [5.74, 6) is 0.970. The first kappa shape index (κ1) is 14.5. The van der Waals surface area contributed by atoms with Crippen LogP contribution in [0.15, 0.2) is 24.3 Å². The van der Waals surface area contributed by atoms with E-state index in [0.717, 1.165) is 50.1 Å². The molecular weight excluding hydrogens is 280 g/mol. The fourth-order valence-electron chi connectivity index (χ4n) is 2.68. The highest BCUT2D eigenvalue weighted by atomic mass is 32.1. The van der Waals surface area contributed by atoms with Crippen molar-refractivity contribution in [1.29, 1.82) is 0 Å². The number of piperazine rings is 1. The van der Waals surface area contributed by atoms with E-state index in [2.05, 4.69) is 57.3 Å². The monoisotopic (exact) mass is 302 g/mol. The number of hydrogen-bond acceptors (Lipinski definition) is 5. The largest absolute Gasteiger partial charge is 0.344 e. The van der Waals surface area contributed by atoms with Crippen molar-refractivity contribution in [2.24, 2.45) is 0 Å². The summed E-state index contributed by atoms with van der Waals surface area (Å²) in [7, 11) is 0. The third-order valence-electron chi connectivity index (χ3n) is 3.91. The Hall–Kier alpha value is -1.46. The summed E-state index contributed by atoms with van der Waals surface area (Å²) in [6.07, 6.45) is 0.920. The van der Waals surface area contributed by atoms with Gasteiger partial charge in [0.25, 0.3) is 0 Å². The molecule has 5 heteroatoms. The number of hydrogen-bond donors (Lipinski definition) is 0. The van der Waals surface area contributed by atoms with Gasteiger partial charge >= 0.3 is 0 Å². The summed E-state index contributed by atoms with van der Waals surface area (Å²) < 4.78 is 4.38. The minimum absolute atomic E-state index is 0.920. The first-order valence-electron chi connectivity index (χ1n) is 7.60. The molecule has 21 heavy (non-hydrogen) atoms. The molecule has 0 N–H and O–H groups in total. The van der Waals surface area contributed by atoms with Crippen LogP contribution < -0.4 is 4.90 Å². The van der Waals surface area contributed by atoms with Crippen molar-refractivity contribution in [3.05, 3.63) is 41.2 Å². The zero-order valence-corrected chi connectivity index (χ0v) is 13.6. The van der Waals surface area contributed by atoms with E-state index in [1.807, 2.05) is 0 Å². The molecule has 0 bridgehead atoms. The number of anilines is 1. The van der Waals surface area contributed by atoms with Gasteiger partial charge < -0.3 is 4.90 Å². The van der Waals surface area contributed by atoms with Crippen LogP contribution >= 0.6 is 11.5 Å². The molecule has 2 heterocycles. The molecule has 112 valence electrons. The average Bonchev–Trinajstić information content (AvgIpc) is 2.97. The molecular formula is C16H22N4S. The van der Waals surface area contributed by atoms with E-state index in [0.29, 0.717) is 0 Å². The Bertz CT molecular complexity index is 587. The molecule has 0 spiro atoms. The quantitative estimate of drug-likeness (QED) is 0.869. The summed E-state index contributed by atoms with van der Waals surface area (Å²) in [4.78, 5) is 9.47. The Morgan fingerprint density at radius 2 is 2.00 bits per heavy atom. The van der Waals surface area contributed by atoms with Crippen LogP contribution in [0.1, 0.15) is 23.9 Å². The topological polar surface area (TPSA) is 32.3 Å². The lowest BCUT2D eigenvalue weighted by molar-refractivity contribution is 0.250. The Balaban J connectivity index is 1.55. The summed E-state index contributed by atoms with van der Waals surface area (Å²) in [5, 5.41) is 1.09. The van der Waals surface area contributed by atoms with Crippen LogP contribution in [-0.2, 0) is 13.0 Å². The molecule has 4 nitrogen and oxygen atoms in total. The maximum absolute atomic E-state index is 4.59. The maximum Gasteiger partial charge on any atom is 0.205 e. The molecule has 0 atom stereocenters. The number of aromatic nitrogens is 2. The number of rotatable bonds is 4. The third-order valence-corrected chi connectivity index (χ3v) is 4.72. The van der Waals surface area contributed by atoms with Crippen molar-refractivity contribution < 1.29 is 0 Å². The van der Waals surface area contributed by atoms with Gasteiger partial charge in [0.2, 0.25) is 5.13 Å². The molecule has 3 rings (SSSR count). The number of aryl methyl sites for hydroxylation is 2. The summed E-state index contributed by atoms with van der Waals surface area (Å²) in [5.41, 5.74) is 2.75. The molecule has 0 saturated carbocycles. The van der Waals surface area contributed by atoms with Crippen molar-refractivity contribution in [2.45, 2.75) is 26.8 Å². The Morgan fingerprint density at radius 3 is 2.67 bits per heavy atom. The summed E-state index contributed by atoms with van der Waals surface area (Å²) >= 11 is 1.53. The van der Waals surface area contributed by atoms with Crippen LogP contribution in [0.5, 0.6) is 0 Å². The SMILES string of the molecule is CCc1nsc(N2CCN(Cc3cccc(C)c3)CC2)n1. The fraction of sp³-hybridized carbons (Fsp3) is 0.500. The molecule has 0 unspecified atom stereocenters. The Morgan fingerprint density at radius 1 is 1.19 bits per heavy atom. The van der Waals surface area contributed by atoms with Crippen molar-refractivity contribution in [2.75, 3.05) is 31.1 Å². The van der Waals surface area contributed by atoms with E-state index in [-0.39, 0.29) is 0 Å². The van der Waals surface area contributed by atoms with E-state index in [9.17, 15) is 0 Å². The van der Waals surface area contributed by atoms with Gasteiger partial charge in [0.15, 0.2) is 0 Å². The summed E-state index contributed by atoms with van der Waals surface area (Å²) in [6, 6.07) is 8.80. The van der Waals surface area contributed by atoms with E-state index in [4.69, 9.17) is 0 Å². The van der Waals surface area contributed by atoms with Crippen LogP contribution in [-0.4, -0.2) is 40.4 Å². The molecule has 0 aliphatic carbocycles. The molecule has 1 fully saturated rings. The maximum atomic E-state index is 4.59. The Kier molecular flexibility index (Phi) is 4.51.